The van der Waals surface area contributed by atoms with Crippen LogP contribution in [-0.4, -0.2) is 13.1 Å². The predicted octanol–water partition coefficient (Wildman–Crippen LogP) is 4.55. The molecule has 0 heterocycles. The third-order valence-electron chi connectivity index (χ3n) is 4.14. The molecule has 106 valence electrons. The summed E-state index contributed by atoms with van der Waals surface area (Å²) < 4.78 is 14.3. The van der Waals surface area contributed by atoms with Gasteiger partial charge in [-0.1, -0.05) is 35.7 Å². The van der Waals surface area contributed by atoms with Crippen molar-refractivity contribution < 1.29 is 4.39 Å². The van der Waals surface area contributed by atoms with E-state index in [1.54, 1.807) is 6.07 Å². The largest absolute Gasteiger partial charge is 0.317 e. The van der Waals surface area contributed by atoms with Gasteiger partial charge in [0.25, 0.3) is 0 Å². The molecule has 1 aliphatic carbocycles. The summed E-state index contributed by atoms with van der Waals surface area (Å²) in [4.78, 5) is 0. The van der Waals surface area contributed by atoms with Crippen LogP contribution >= 0.6 is 15.9 Å². The molecule has 1 saturated carbocycles. The fourth-order valence-electron chi connectivity index (χ4n) is 3.18. The van der Waals surface area contributed by atoms with E-state index in [-0.39, 0.29) is 5.82 Å². The Bertz CT molecular complexity index is 387. The molecule has 2 unspecified atom stereocenters. The zero-order valence-electron chi connectivity index (χ0n) is 11.6. The highest BCUT2D eigenvalue weighted by atomic mass is 79.9. The smallest absolute Gasteiger partial charge is 0.124 e. The van der Waals surface area contributed by atoms with Crippen LogP contribution in [0.3, 0.4) is 0 Å². The first kappa shape index (κ1) is 15.0. The van der Waals surface area contributed by atoms with Crippen molar-refractivity contribution in [1.82, 2.24) is 5.32 Å². The monoisotopic (exact) mass is 327 g/mol. The SMILES string of the molecule is CCNCC1CCCCC1Cc1cc(F)cc(Br)c1. The summed E-state index contributed by atoms with van der Waals surface area (Å²) in [5.74, 6) is 1.31. The second-order valence-electron chi connectivity index (χ2n) is 5.59. The van der Waals surface area contributed by atoms with Crippen molar-refractivity contribution in [3.05, 3.63) is 34.1 Å². The first-order chi connectivity index (χ1) is 9.19. The van der Waals surface area contributed by atoms with Gasteiger partial charge in [-0.05, 0) is 68.0 Å². The van der Waals surface area contributed by atoms with Gasteiger partial charge < -0.3 is 5.32 Å². The Balaban J connectivity index is 2.01. The van der Waals surface area contributed by atoms with E-state index in [0.29, 0.717) is 5.92 Å². The van der Waals surface area contributed by atoms with E-state index in [0.717, 1.165) is 35.5 Å². The van der Waals surface area contributed by atoms with Crippen LogP contribution in [0.25, 0.3) is 0 Å². The summed E-state index contributed by atoms with van der Waals surface area (Å²) in [6.45, 7) is 4.30. The molecule has 0 amide bonds. The quantitative estimate of drug-likeness (QED) is 0.836. The number of rotatable bonds is 5. The van der Waals surface area contributed by atoms with E-state index < -0.39 is 0 Å². The van der Waals surface area contributed by atoms with E-state index in [9.17, 15) is 4.39 Å². The van der Waals surface area contributed by atoms with Gasteiger partial charge in [0.15, 0.2) is 0 Å². The van der Waals surface area contributed by atoms with Crippen LogP contribution in [0.5, 0.6) is 0 Å². The Morgan fingerprint density at radius 2 is 1.95 bits per heavy atom. The lowest BCUT2D eigenvalue weighted by atomic mass is 9.76. The summed E-state index contributed by atoms with van der Waals surface area (Å²) in [5.41, 5.74) is 1.13. The fourth-order valence-corrected chi connectivity index (χ4v) is 3.70. The molecular weight excluding hydrogens is 305 g/mol. The summed E-state index contributed by atoms with van der Waals surface area (Å²) >= 11 is 3.38. The van der Waals surface area contributed by atoms with E-state index in [1.807, 2.05) is 0 Å². The minimum atomic E-state index is -0.136. The maximum atomic E-state index is 13.4. The van der Waals surface area contributed by atoms with Crippen molar-refractivity contribution in [3.8, 4) is 0 Å². The van der Waals surface area contributed by atoms with Crippen molar-refractivity contribution in [2.45, 2.75) is 39.0 Å². The van der Waals surface area contributed by atoms with Crippen molar-refractivity contribution >= 4 is 15.9 Å². The third-order valence-corrected chi connectivity index (χ3v) is 4.60. The van der Waals surface area contributed by atoms with Crippen LogP contribution < -0.4 is 5.32 Å². The Morgan fingerprint density at radius 1 is 1.21 bits per heavy atom. The van der Waals surface area contributed by atoms with Crippen LogP contribution in [0.1, 0.15) is 38.2 Å². The predicted molar refractivity (Wildman–Crippen MR) is 81.8 cm³/mol. The Labute approximate surface area is 124 Å². The molecule has 2 atom stereocenters. The first-order valence-electron chi connectivity index (χ1n) is 7.34. The van der Waals surface area contributed by atoms with Crippen LogP contribution in [0.4, 0.5) is 4.39 Å². The van der Waals surface area contributed by atoms with Crippen LogP contribution in [0, 0.1) is 17.7 Å². The van der Waals surface area contributed by atoms with E-state index in [4.69, 9.17) is 0 Å². The minimum absolute atomic E-state index is 0.136. The van der Waals surface area contributed by atoms with Crippen molar-refractivity contribution in [3.63, 3.8) is 0 Å². The van der Waals surface area contributed by atoms with Crippen LogP contribution in [0.15, 0.2) is 22.7 Å². The lowest BCUT2D eigenvalue weighted by molar-refractivity contribution is 0.229. The molecule has 1 aromatic rings. The zero-order valence-corrected chi connectivity index (χ0v) is 13.2. The number of hydrogen-bond donors (Lipinski definition) is 1. The van der Waals surface area contributed by atoms with E-state index in [1.165, 1.54) is 31.7 Å². The second-order valence-corrected chi connectivity index (χ2v) is 6.51. The summed E-state index contributed by atoms with van der Waals surface area (Å²) in [5, 5.41) is 3.47. The Morgan fingerprint density at radius 3 is 2.63 bits per heavy atom. The molecular formula is C16H23BrFN. The average molecular weight is 328 g/mol. The lowest BCUT2D eigenvalue weighted by Gasteiger charge is -2.32. The summed E-state index contributed by atoms with van der Waals surface area (Å²) in [6.07, 6.45) is 6.27. The highest BCUT2D eigenvalue weighted by Crippen LogP contribution is 2.32. The Kier molecular flexibility index (Phi) is 5.83. The standard InChI is InChI=1S/C16H23BrFN/c1-2-19-11-14-6-4-3-5-13(14)7-12-8-15(17)10-16(18)9-12/h8-10,13-14,19H,2-7,11H2,1H3. The molecule has 1 fully saturated rings. The molecule has 19 heavy (non-hydrogen) atoms. The molecule has 0 bridgehead atoms. The molecule has 0 radical (unpaired) electrons. The topological polar surface area (TPSA) is 12.0 Å². The van der Waals surface area contributed by atoms with Crippen molar-refractivity contribution in [1.29, 1.82) is 0 Å². The molecule has 2 rings (SSSR count). The molecule has 3 heteroatoms. The molecule has 1 aromatic carbocycles. The number of nitrogens with one attached hydrogen (secondary N) is 1. The molecule has 1 aliphatic rings. The maximum absolute atomic E-state index is 13.4. The number of benzene rings is 1. The van der Waals surface area contributed by atoms with Crippen LogP contribution in [0.2, 0.25) is 0 Å². The van der Waals surface area contributed by atoms with E-state index in [2.05, 4.69) is 34.2 Å². The van der Waals surface area contributed by atoms with Crippen molar-refractivity contribution in [2.24, 2.45) is 11.8 Å². The molecule has 1 N–H and O–H groups in total. The zero-order chi connectivity index (χ0) is 13.7. The molecule has 0 spiro atoms. The van der Waals surface area contributed by atoms with Gasteiger partial charge in [-0.15, -0.1) is 0 Å². The van der Waals surface area contributed by atoms with Gasteiger partial charge in [-0.3, -0.25) is 0 Å². The van der Waals surface area contributed by atoms with Gasteiger partial charge >= 0.3 is 0 Å². The van der Waals surface area contributed by atoms with Gasteiger partial charge in [0.2, 0.25) is 0 Å². The Hall–Kier alpha value is -0.410. The summed E-state index contributed by atoms with van der Waals surface area (Å²) in [7, 11) is 0. The molecule has 0 aliphatic heterocycles. The third kappa shape index (κ3) is 4.57. The van der Waals surface area contributed by atoms with Gasteiger partial charge in [0, 0.05) is 4.47 Å². The minimum Gasteiger partial charge on any atom is -0.317 e. The van der Waals surface area contributed by atoms with Gasteiger partial charge in [0.05, 0.1) is 0 Å². The second kappa shape index (κ2) is 7.39. The molecule has 0 saturated heterocycles. The first-order valence-corrected chi connectivity index (χ1v) is 8.14. The number of halogens is 2. The van der Waals surface area contributed by atoms with Gasteiger partial charge in [0.1, 0.15) is 5.82 Å². The molecule has 0 aromatic heterocycles. The fraction of sp³-hybridized carbons (Fsp3) is 0.625. The number of hydrogen-bond acceptors (Lipinski definition) is 1. The van der Waals surface area contributed by atoms with E-state index >= 15 is 0 Å². The highest BCUT2D eigenvalue weighted by Gasteiger charge is 2.24. The normalized spacial score (nSPS) is 23.5. The van der Waals surface area contributed by atoms with Gasteiger partial charge in [-0.2, -0.15) is 0 Å². The molecule has 1 nitrogen and oxygen atoms in total. The van der Waals surface area contributed by atoms with Crippen molar-refractivity contribution in [2.75, 3.05) is 13.1 Å². The maximum Gasteiger partial charge on any atom is 0.124 e. The average Bonchev–Trinajstić information content (AvgIpc) is 2.36. The van der Waals surface area contributed by atoms with Gasteiger partial charge in [-0.25, -0.2) is 4.39 Å². The van der Waals surface area contributed by atoms with Crippen LogP contribution in [-0.2, 0) is 6.42 Å². The highest BCUT2D eigenvalue weighted by molar-refractivity contribution is 9.10. The lowest BCUT2D eigenvalue weighted by Crippen LogP contribution is -2.31. The summed E-state index contributed by atoms with van der Waals surface area (Å²) in [6, 6.07) is 5.27.